The Morgan fingerprint density at radius 3 is 2.50 bits per heavy atom. The third-order valence-corrected chi connectivity index (χ3v) is 3.46. The van der Waals surface area contributed by atoms with E-state index in [4.69, 9.17) is 16.9 Å². The predicted molar refractivity (Wildman–Crippen MR) is 78.3 cm³/mol. The zero-order valence-corrected chi connectivity index (χ0v) is 12.0. The van der Waals surface area contributed by atoms with Gasteiger partial charge >= 0.3 is 0 Å². The van der Waals surface area contributed by atoms with Crippen molar-refractivity contribution in [3.05, 3.63) is 57.0 Å². The molecule has 0 fully saturated rings. The molecule has 0 aromatic heterocycles. The lowest BCUT2D eigenvalue weighted by molar-refractivity contribution is 1.43. The molecule has 90 valence electrons. The van der Waals surface area contributed by atoms with Gasteiger partial charge < -0.3 is 5.32 Å². The van der Waals surface area contributed by atoms with Crippen molar-refractivity contribution in [3.63, 3.8) is 0 Å². The maximum atomic E-state index is 8.78. The number of anilines is 2. The topological polar surface area (TPSA) is 35.8 Å². The molecule has 2 aromatic carbocycles. The Labute approximate surface area is 119 Å². The highest BCUT2D eigenvalue weighted by Gasteiger charge is 2.05. The summed E-state index contributed by atoms with van der Waals surface area (Å²) in [4.78, 5) is 0. The number of halogens is 2. The maximum Gasteiger partial charge on any atom is 0.0992 e. The molecule has 0 bridgehead atoms. The lowest BCUT2D eigenvalue weighted by atomic mass is 10.2. The molecule has 0 spiro atoms. The molecule has 2 nitrogen and oxygen atoms in total. The van der Waals surface area contributed by atoms with Crippen molar-refractivity contribution < 1.29 is 0 Å². The van der Waals surface area contributed by atoms with Gasteiger partial charge in [0.05, 0.1) is 28.0 Å². The van der Waals surface area contributed by atoms with Crippen LogP contribution in [0, 0.1) is 18.3 Å². The standard InChI is InChI=1S/C14H10BrClN2/c1-9-2-4-13(11(15)6-9)18-14-5-3-10(8-17)7-12(14)16/h2-7,18H,1H3. The third-order valence-electron chi connectivity index (χ3n) is 2.49. The molecule has 0 saturated heterocycles. The third kappa shape index (κ3) is 2.84. The van der Waals surface area contributed by atoms with Gasteiger partial charge in [0.25, 0.3) is 0 Å². The molecule has 2 rings (SSSR count). The Kier molecular flexibility index (Phi) is 3.90. The molecule has 4 heteroatoms. The number of hydrogen-bond acceptors (Lipinski definition) is 2. The second-order valence-corrected chi connectivity index (χ2v) is 5.18. The van der Waals surface area contributed by atoms with E-state index < -0.39 is 0 Å². The molecule has 0 saturated carbocycles. The minimum Gasteiger partial charge on any atom is -0.353 e. The van der Waals surface area contributed by atoms with Gasteiger partial charge in [-0.3, -0.25) is 0 Å². The van der Waals surface area contributed by atoms with Crippen LogP contribution in [0.25, 0.3) is 0 Å². The zero-order valence-electron chi connectivity index (χ0n) is 9.67. The van der Waals surface area contributed by atoms with Gasteiger partial charge in [-0.2, -0.15) is 5.26 Å². The monoisotopic (exact) mass is 320 g/mol. The Morgan fingerprint density at radius 1 is 1.17 bits per heavy atom. The molecule has 0 heterocycles. The van der Waals surface area contributed by atoms with Crippen LogP contribution in [0.1, 0.15) is 11.1 Å². The van der Waals surface area contributed by atoms with Crippen molar-refractivity contribution in [1.82, 2.24) is 0 Å². The van der Waals surface area contributed by atoms with E-state index in [2.05, 4.69) is 27.3 Å². The number of benzene rings is 2. The summed E-state index contributed by atoms with van der Waals surface area (Å²) in [6, 6.07) is 13.3. The minimum absolute atomic E-state index is 0.529. The normalized spacial score (nSPS) is 9.89. The van der Waals surface area contributed by atoms with Gasteiger partial charge in [0, 0.05) is 4.47 Å². The lowest BCUT2D eigenvalue weighted by Crippen LogP contribution is -1.93. The molecule has 18 heavy (non-hydrogen) atoms. The number of aryl methyl sites for hydroxylation is 1. The van der Waals surface area contributed by atoms with Crippen LogP contribution >= 0.6 is 27.5 Å². The van der Waals surface area contributed by atoms with Crippen molar-refractivity contribution in [2.45, 2.75) is 6.92 Å². The van der Waals surface area contributed by atoms with Crippen LogP contribution in [-0.2, 0) is 0 Å². The summed E-state index contributed by atoms with van der Waals surface area (Å²) >= 11 is 9.61. The molecule has 1 N–H and O–H groups in total. The van der Waals surface area contributed by atoms with E-state index >= 15 is 0 Å². The molecular formula is C14H10BrClN2. The summed E-state index contributed by atoms with van der Waals surface area (Å²) < 4.78 is 0.975. The molecule has 0 amide bonds. The maximum absolute atomic E-state index is 8.78. The Morgan fingerprint density at radius 2 is 1.89 bits per heavy atom. The Bertz CT molecular complexity index is 632. The van der Waals surface area contributed by atoms with Crippen LogP contribution < -0.4 is 5.32 Å². The van der Waals surface area contributed by atoms with Crippen LogP contribution in [0.2, 0.25) is 5.02 Å². The molecule has 0 aliphatic heterocycles. The number of nitrogens with one attached hydrogen (secondary N) is 1. The largest absolute Gasteiger partial charge is 0.353 e. The summed E-state index contributed by atoms with van der Waals surface area (Å²) in [5.41, 5.74) is 3.44. The van der Waals surface area contributed by atoms with Crippen LogP contribution in [0.3, 0.4) is 0 Å². The molecule has 2 aromatic rings. The van der Waals surface area contributed by atoms with Crippen LogP contribution in [-0.4, -0.2) is 0 Å². The molecule has 0 radical (unpaired) electrons. The second-order valence-electron chi connectivity index (χ2n) is 3.91. The zero-order chi connectivity index (χ0) is 13.1. The van der Waals surface area contributed by atoms with Crippen molar-refractivity contribution in [2.75, 3.05) is 5.32 Å². The van der Waals surface area contributed by atoms with Crippen LogP contribution in [0.15, 0.2) is 40.9 Å². The highest BCUT2D eigenvalue weighted by Crippen LogP contribution is 2.30. The molecule has 0 unspecified atom stereocenters. The van der Waals surface area contributed by atoms with Crippen molar-refractivity contribution in [1.29, 1.82) is 5.26 Å². The Hall–Kier alpha value is -1.50. The van der Waals surface area contributed by atoms with Crippen LogP contribution in [0.5, 0.6) is 0 Å². The van der Waals surface area contributed by atoms with E-state index in [1.165, 1.54) is 5.56 Å². The summed E-state index contributed by atoms with van der Waals surface area (Å²) in [6.07, 6.45) is 0. The first-order valence-electron chi connectivity index (χ1n) is 5.33. The van der Waals surface area contributed by atoms with Crippen molar-refractivity contribution >= 4 is 38.9 Å². The van der Waals surface area contributed by atoms with E-state index in [1.807, 2.05) is 25.1 Å². The average molecular weight is 322 g/mol. The molecule has 0 aliphatic carbocycles. The summed E-state index contributed by atoms with van der Waals surface area (Å²) in [5.74, 6) is 0. The quantitative estimate of drug-likeness (QED) is 0.842. The van der Waals surface area contributed by atoms with Gasteiger partial charge in [-0.15, -0.1) is 0 Å². The highest BCUT2D eigenvalue weighted by molar-refractivity contribution is 9.10. The van der Waals surface area contributed by atoms with Gasteiger partial charge in [0.1, 0.15) is 0 Å². The van der Waals surface area contributed by atoms with Crippen molar-refractivity contribution in [3.8, 4) is 6.07 Å². The summed E-state index contributed by atoms with van der Waals surface area (Å²) in [5, 5.41) is 12.5. The first-order chi connectivity index (χ1) is 8.60. The van der Waals surface area contributed by atoms with Gasteiger partial charge in [0.15, 0.2) is 0 Å². The molecule has 0 aliphatic rings. The lowest BCUT2D eigenvalue weighted by Gasteiger charge is -2.11. The number of nitrogens with zero attached hydrogens (tertiary/aromatic N) is 1. The van der Waals surface area contributed by atoms with Gasteiger partial charge in [-0.05, 0) is 58.7 Å². The van der Waals surface area contributed by atoms with Crippen LogP contribution in [0.4, 0.5) is 11.4 Å². The molecule has 0 atom stereocenters. The van der Waals surface area contributed by atoms with E-state index in [0.29, 0.717) is 10.6 Å². The van der Waals surface area contributed by atoms with Gasteiger partial charge in [-0.25, -0.2) is 0 Å². The number of rotatable bonds is 2. The highest BCUT2D eigenvalue weighted by atomic mass is 79.9. The predicted octanol–water partition coefficient (Wildman–Crippen LogP) is 5.03. The fourth-order valence-electron chi connectivity index (χ4n) is 1.55. The van der Waals surface area contributed by atoms with Gasteiger partial charge in [-0.1, -0.05) is 17.7 Å². The molecular weight excluding hydrogens is 312 g/mol. The summed E-state index contributed by atoms with van der Waals surface area (Å²) in [6.45, 7) is 2.03. The average Bonchev–Trinajstić information content (AvgIpc) is 2.34. The fourth-order valence-corrected chi connectivity index (χ4v) is 2.37. The first-order valence-corrected chi connectivity index (χ1v) is 6.50. The van der Waals surface area contributed by atoms with E-state index in [-0.39, 0.29) is 0 Å². The number of nitriles is 1. The fraction of sp³-hybridized carbons (Fsp3) is 0.0714. The second kappa shape index (κ2) is 5.43. The first kappa shape index (κ1) is 12.9. The minimum atomic E-state index is 0.529. The van der Waals surface area contributed by atoms with E-state index in [0.717, 1.165) is 15.8 Å². The smallest absolute Gasteiger partial charge is 0.0992 e. The van der Waals surface area contributed by atoms with E-state index in [1.54, 1.807) is 18.2 Å². The SMILES string of the molecule is Cc1ccc(Nc2ccc(C#N)cc2Cl)c(Br)c1. The number of hydrogen-bond donors (Lipinski definition) is 1. The Balaban J connectivity index is 2.32. The van der Waals surface area contributed by atoms with E-state index in [9.17, 15) is 0 Å². The summed E-state index contributed by atoms with van der Waals surface area (Å²) in [7, 11) is 0. The van der Waals surface area contributed by atoms with Crippen molar-refractivity contribution in [2.24, 2.45) is 0 Å². The van der Waals surface area contributed by atoms with Gasteiger partial charge in [0.2, 0.25) is 0 Å².